The lowest BCUT2D eigenvalue weighted by molar-refractivity contribution is 0.0242. The number of carbonyl (C=O) groups excluding carboxylic acids is 1. The van der Waals surface area contributed by atoms with E-state index in [9.17, 15) is 4.79 Å². The number of ether oxygens (including phenoxy) is 2. The highest BCUT2D eigenvalue weighted by Crippen LogP contribution is 2.25. The minimum absolute atomic E-state index is 0.239. The van der Waals surface area contributed by atoms with Gasteiger partial charge in [-0.25, -0.2) is 4.79 Å². The number of hydrogen-bond donors (Lipinski definition) is 1. The van der Waals surface area contributed by atoms with Crippen molar-refractivity contribution in [2.45, 2.75) is 65.0 Å². The largest absolute Gasteiger partial charge is 0.444 e. The van der Waals surface area contributed by atoms with E-state index in [1.54, 1.807) is 4.90 Å². The quantitative estimate of drug-likeness (QED) is 0.920. The van der Waals surface area contributed by atoms with Crippen LogP contribution in [0.3, 0.4) is 0 Å². The summed E-state index contributed by atoms with van der Waals surface area (Å²) in [7, 11) is 0. The van der Waals surface area contributed by atoms with Crippen LogP contribution in [0.4, 0.5) is 4.79 Å². The zero-order valence-electron chi connectivity index (χ0n) is 14.9. The van der Waals surface area contributed by atoms with E-state index >= 15 is 0 Å². The standard InChI is InChI=1S/C19H28N2O3/c1-19(2,3)24-18(22)21-12-15-7-6-14(9-16(15)13-21)10-20-11-17-5-4-8-23-17/h6-7,9,17,20H,4-5,8,10-13H2,1-3H3. The van der Waals surface area contributed by atoms with Crippen LogP contribution in [0.25, 0.3) is 0 Å². The summed E-state index contributed by atoms with van der Waals surface area (Å²) in [4.78, 5) is 14.0. The molecule has 1 unspecified atom stereocenters. The minimum atomic E-state index is -0.455. The monoisotopic (exact) mass is 332 g/mol. The van der Waals surface area contributed by atoms with Crippen molar-refractivity contribution >= 4 is 6.09 Å². The second-order valence-electron chi connectivity index (χ2n) is 7.71. The van der Waals surface area contributed by atoms with Gasteiger partial charge in [0.2, 0.25) is 0 Å². The third-order valence-corrected chi connectivity index (χ3v) is 4.37. The third kappa shape index (κ3) is 4.48. The van der Waals surface area contributed by atoms with Gasteiger partial charge in [-0.3, -0.25) is 4.90 Å². The summed E-state index contributed by atoms with van der Waals surface area (Å²) in [6, 6.07) is 6.46. The topological polar surface area (TPSA) is 50.8 Å². The molecule has 0 saturated carbocycles. The van der Waals surface area contributed by atoms with Gasteiger partial charge in [0, 0.05) is 32.8 Å². The molecular formula is C19H28N2O3. The SMILES string of the molecule is CC(C)(C)OC(=O)N1Cc2ccc(CNCC3CCCO3)cc2C1. The van der Waals surface area contributed by atoms with E-state index in [1.807, 2.05) is 20.8 Å². The molecule has 5 nitrogen and oxygen atoms in total. The van der Waals surface area contributed by atoms with Crippen LogP contribution in [0.15, 0.2) is 18.2 Å². The summed E-state index contributed by atoms with van der Waals surface area (Å²) >= 11 is 0. The highest BCUT2D eigenvalue weighted by Gasteiger charge is 2.27. The normalized spacial score (nSPS) is 20.3. The Labute approximate surface area is 144 Å². The van der Waals surface area contributed by atoms with Crippen molar-refractivity contribution in [2.24, 2.45) is 0 Å². The highest BCUT2D eigenvalue weighted by molar-refractivity contribution is 5.69. The van der Waals surface area contributed by atoms with E-state index in [2.05, 4.69) is 23.5 Å². The Kier molecular flexibility index (Phi) is 5.11. The van der Waals surface area contributed by atoms with Gasteiger partial charge in [-0.2, -0.15) is 0 Å². The molecule has 0 aliphatic carbocycles. The smallest absolute Gasteiger partial charge is 0.410 e. The first-order chi connectivity index (χ1) is 11.4. The van der Waals surface area contributed by atoms with E-state index in [0.717, 1.165) is 26.1 Å². The van der Waals surface area contributed by atoms with Crippen molar-refractivity contribution in [1.29, 1.82) is 0 Å². The molecule has 1 aromatic rings. The number of nitrogens with zero attached hydrogens (tertiary/aromatic N) is 1. The fourth-order valence-corrected chi connectivity index (χ4v) is 3.20. The molecule has 0 bridgehead atoms. The molecule has 5 heteroatoms. The lowest BCUT2D eigenvalue weighted by Gasteiger charge is -2.24. The average Bonchev–Trinajstić information content (AvgIpc) is 3.13. The van der Waals surface area contributed by atoms with Crippen LogP contribution >= 0.6 is 0 Å². The first-order valence-electron chi connectivity index (χ1n) is 8.82. The predicted molar refractivity (Wildman–Crippen MR) is 92.6 cm³/mol. The molecule has 1 fully saturated rings. The highest BCUT2D eigenvalue weighted by atomic mass is 16.6. The second kappa shape index (κ2) is 7.11. The summed E-state index contributed by atoms with van der Waals surface area (Å²) < 4.78 is 11.1. The lowest BCUT2D eigenvalue weighted by Crippen LogP contribution is -2.33. The first kappa shape index (κ1) is 17.2. The summed E-state index contributed by atoms with van der Waals surface area (Å²) in [6.07, 6.45) is 2.45. The van der Waals surface area contributed by atoms with Gasteiger partial charge < -0.3 is 14.8 Å². The fourth-order valence-electron chi connectivity index (χ4n) is 3.20. The van der Waals surface area contributed by atoms with E-state index in [-0.39, 0.29) is 6.09 Å². The number of benzene rings is 1. The number of carbonyl (C=O) groups is 1. The fraction of sp³-hybridized carbons (Fsp3) is 0.632. The summed E-state index contributed by atoms with van der Waals surface area (Å²) in [5.41, 5.74) is 3.22. The summed E-state index contributed by atoms with van der Waals surface area (Å²) in [6.45, 7) is 9.58. The van der Waals surface area contributed by atoms with Crippen LogP contribution in [0, 0.1) is 0 Å². The molecular weight excluding hydrogens is 304 g/mol. The molecule has 1 atom stereocenters. The van der Waals surface area contributed by atoms with E-state index in [1.165, 1.54) is 23.1 Å². The summed E-state index contributed by atoms with van der Waals surface area (Å²) in [5.74, 6) is 0. The van der Waals surface area contributed by atoms with Crippen LogP contribution in [-0.2, 0) is 29.1 Å². The molecule has 1 aromatic carbocycles. The van der Waals surface area contributed by atoms with Crippen LogP contribution in [-0.4, -0.2) is 35.8 Å². The molecule has 0 radical (unpaired) electrons. The van der Waals surface area contributed by atoms with Crippen molar-refractivity contribution < 1.29 is 14.3 Å². The van der Waals surface area contributed by atoms with Crippen LogP contribution in [0.5, 0.6) is 0 Å². The van der Waals surface area contributed by atoms with Gasteiger partial charge >= 0.3 is 6.09 Å². The molecule has 3 rings (SSSR count). The Bertz CT molecular complexity index is 589. The zero-order chi connectivity index (χ0) is 17.2. The third-order valence-electron chi connectivity index (χ3n) is 4.37. The maximum Gasteiger partial charge on any atom is 0.410 e. The van der Waals surface area contributed by atoms with Gasteiger partial charge in [-0.05, 0) is 50.3 Å². The molecule has 0 spiro atoms. The zero-order valence-corrected chi connectivity index (χ0v) is 14.9. The Morgan fingerprint density at radius 3 is 2.83 bits per heavy atom. The van der Waals surface area contributed by atoms with Crippen LogP contribution < -0.4 is 5.32 Å². The van der Waals surface area contributed by atoms with Gasteiger partial charge in [0.15, 0.2) is 0 Å². The number of hydrogen-bond acceptors (Lipinski definition) is 4. The maximum atomic E-state index is 12.2. The Balaban J connectivity index is 1.52. The Morgan fingerprint density at radius 2 is 2.12 bits per heavy atom. The number of amides is 1. The molecule has 132 valence electrons. The van der Waals surface area contributed by atoms with Crippen molar-refractivity contribution in [3.05, 3.63) is 34.9 Å². The molecule has 2 aliphatic rings. The van der Waals surface area contributed by atoms with Gasteiger partial charge in [0.25, 0.3) is 0 Å². The van der Waals surface area contributed by atoms with E-state index < -0.39 is 5.60 Å². The van der Waals surface area contributed by atoms with Crippen LogP contribution in [0.1, 0.15) is 50.3 Å². The number of fused-ring (bicyclic) bond motifs is 1. The molecule has 2 heterocycles. The van der Waals surface area contributed by atoms with Gasteiger partial charge in [-0.1, -0.05) is 18.2 Å². The predicted octanol–water partition coefficient (Wildman–Crippen LogP) is 3.21. The number of rotatable bonds is 4. The van der Waals surface area contributed by atoms with Gasteiger partial charge in [0.05, 0.1) is 6.10 Å². The maximum absolute atomic E-state index is 12.2. The Hall–Kier alpha value is -1.59. The van der Waals surface area contributed by atoms with E-state index in [4.69, 9.17) is 9.47 Å². The molecule has 1 N–H and O–H groups in total. The molecule has 24 heavy (non-hydrogen) atoms. The van der Waals surface area contributed by atoms with E-state index in [0.29, 0.717) is 19.2 Å². The first-order valence-corrected chi connectivity index (χ1v) is 8.82. The molecule has 0 aromatic heterocycles. The van der Waals surface area contributed by atoms with Crippen molar-refractivity contribution in [1.82, 2.24) is 10.2 Å². The second-order valence-corrected chi connectivity index (χ2v) is 7.71. The molecule has 1 amide bonds. The Morgan fingerprint density at radius 1 is 1.33 bits per heavy atom. The summed E-state index contributed by atoms with van der Waals surface area (Å²) in [5, 5.41) is 3.47. The minimum Gasteiger partial charge on any atom is -0.444 e. The van der Waals surface area contributed by atoms with Gasteiger partial charge in [0.1, 0.15) is 5.60 Å². The van der Waals surface area contributed by atoms with Crippen molar-refractivity contribution in [2.75, 3.05) is 13.2 Å². The van der Waals surface area contributed by atoms with Gasteiger partial charge in [-0.15, -0.1) is 0 Å². The van der Waals surface area contributed by atoms with Crippen molar-refractivity contribution in [3.63, 3.8) is 0 Å². The molecule has 1 saturated heterocycles. The van der Waals surface area contributed by atoms with Crippen molar-refractivity contribution in [3.8, 4) is 0 Å². The molecule has 2 aliphatic heterocycles. The number of nitrogens with one attached hydrogen (secondary N) is 1. The van der Waals surface area contributed by atoms with Crippen LogP contribution in [0.2, 0.25) is 0 Å². The average molecular weight is 332 g/mol. The lowest BCUT2D eigenvalue weighted by atomic mass is 10.1.